The monoisotopic (exact) mass is 366 g/mol. The van der Waals surface area contributed by atoms with Crippen molar-refractivity contribution in [3.63, 3.8) is 0 Å². The van der Waals surface area contributed by atoms with Gasteiger partial charge in [-0.15, -0.1) is 11.3 Å². The molecule has 6 nitrogen and oxygen atoms in total. The number of pyridine rings is 1. The molecule has 0 aliphatic heterocycles. The van der Waals surface area contributed by atoms with E-state index in [2.05, 4.69) is 15.8 Å². The molecule has 2 heterocycles. The molecule has 0 saturated heterocycles. The van der Waals surface area contributed by atoms with Crippen molar-refractivity contribution in [3.05, 3.63) is 65.3 Å². The van der Waals surface area contributed by atoms with Gasteiger partial charge in [0.05, 0.1) is 5.52 Å². The number of fused-ring (bicyclic) bond motifs is 3. The van der Waals surface area contributed by atoms with E-state index in [9.17, 15) is 4.39 Å². The third kappa shape index (κ3) is 2.81. The molecule has 4 aromatic rings. The number of amidine groups is 1. The van der Waals surface area contributed by atoms with Gasteiger partial charge < -0.3 is 16.6 Å². The molecule has 0 aliphatic rings. The Hall–Kier alpha value is -3.23. The van der Waals surface area contributed by atoms with E-state index < -0.39 is 0 Å². The lowest BCUT2D eigenvalue weighted by Gasteiger charge is -2.11. The second-order valence-corrected chi connectivity index (χ2v) is 6.53. The van der Waals surface area contributed by atoms with Gasteiger partial charge in [-0.05, 0) is 41.8 Å². The summed E-state index contributed by atoms with van der Waals surface area (Å²) in [6.45, 7) is 0. The topological polar surface area (TPSA) is 101 Å². The van der Waals surface area contributed by atoms with Crippen LogP contribution in [0.25, 0.3) is 21.0 Å². The zero-order chi connectivity index (χ0) is 18.1. The Morgan fingerprint density at radius 2 is 1.88 bits per heavy atom. The number of nitrogens with zero attached hydrogens (tertiary/aromatic N) is 2. The summed E-state index contributed by atoms with van der Waals surface area (Å²) in [5.41, 5.74) is 4.74. The van der Waals surface area contributed by atoms with Crippen LogP contribution >= 0.6 is 11.3 Å². The highest BCUT2D eigenvalue weighted by Gasteiger charge is 2.12. The molecule has 0 unspecified atom stereocenters. The first kappa shape index (κ1) is 16.2. The average molecular weight is 366 g/mol. The summed E-state index contributed by atoms with van der Waals surface area (Å²) < 4.78 is 14.3. The number of halogens is 1. The number of rotatable bonds is 3. The number of anilines is 2. The van der Waals surface area contributed by atoms with Crippen molar-refractivity contribution in [2.24, 2.45) is 16.8 Å². The number of hydrogen-bond acceptors (Lipinski definition) is 6. The number of hydrazone groups is 1. The number of nitrogens with two attached hydrogens (primary N) is 2. The lowest BCUT2D eigenvalue weighted by molar-refractivity contribution is 0.628. The maximum atomic E-state index is 13.1. The summed E-state index contributed by atoms with van der Waals surface area (Å²) in [6.07, 6.45) is 0. The molecule has 0 fully saturated rings. The SMILES string of the molecule is N/N=C(\NN)c1ccc2c(c1)nc(Nc1ccc(F)cc1)c1ccsc12. The van der Waals surface area contributed by atoms with Gasteiger partial charge in [0.25, 0.3) is 0 Å². The second kappa shape index (κ2) is 6.58. The van der Waals surface area contributed by atoms with Gasteiger partial charge in [0.1, 0.15) is 11.6 Å². The van der Waals surface area contributed by atoms with E-state index in [4.69, 9.17) is 16.7 Å². The van der Waals surface area contributed by atoms with Crippen LogP contribution in [0.15, 0.2) is 59.0 Å². The molecule has 0 radical (unpaired) electrons. The molecule has 4 rings (SSSR count). The van der Waals surface area contributed by atoms with E-state index >= 15 is 0 Å². The normalized spacial score (nSPS) is 11.8. The first-order valence-electron chi connectivity index (χ1n) is 7.78. The zero-order valence-corrected chi connectivity index (χ0v) is 14.3. The van der Waals surface area contributed by atoms with Gasteiger partial charge in [-0.2, -0.15) is 5.10 Å². The van der Waals surface area contributed by atoms with Crippen LogP contribution in [0.2, 0.25) is 0 Å². The number of hydrazine groups is 1. The Kier molecular flexibility index (Phi) is 4.11. The van der Waals surface area contributed by atoms with Gasteiger partial charge in [-0.3, -0.25) is 0 Å². The van der Waals surface area contributed by atoms with Crippen molar-refractivity contribution < 1.29 is 4.39 Å². The largest absolute Gasteiger partial charge is 0.340 e. The van der Waals surface area contributed by atoms with E-state index in [0.29, 0.717) is 11.7 Å². The maximum absolute atomic E-state index is 13.1. The van der Waals surface area contributed by atoms with Crippen molar-refractivity contribution in [1.29, 1.82) is 0 Å². The van der Waals surface area contributed by atoms with Crippen LogP contribution in [-0.2, 0) is 0 Å². The van der Waals surface area contributed by atoms with Crippen LogP contribution in [0, 0.1) is 5.82 Å². The number of benzene rings is 2. The fourth-order valence-electron chi connectivity index (χ4n) is 2.81. The van der Waals surface area contributed by atoms with Crippen LogP contribution in [0.3, 0.4) is 0 Å². The first-order valence-corrected chi connectivity index (χ1v) is 8.66. The van der Waals surface area contributed by atoms with Gasteiger partial charge in [0.2, 0.25) is 0 Å². The van der Waals surface area contributed by atoms with Gasteiger partial charge in [-0.25, -0.2) is 15.2 Å². The Bertz CT molecular complexity index is 1120. The van der Waals surface area contributed by atoms with Crippen molar-refractivity contribution in [2.75, 3.05) is 5.32 Å². The van der Waals surface area contributed by atoms with E-state index in [1.54, 1.807) is 23.5 Å². The number of nitrogens with one attached hydrogen (secondary N) is 2. The summed E-state index contributed by atoms with van der Waals surface area (Å²) in [5, 5.41) is 10.9. The lowest BCUT2D eigenvalue weighted by atomic mass is 10.1. The van der Waals surface area contributed by atoms with Crippen LogP contribution in [0.5, 0.6) is 0 Å². The molecule has 0 amide bonds. The molecule has 0 atom stereocenters. The highest BCUT2D eigenvalue weighted by atomic mass is 32.1. The molecule has 130 valence electrons. The molecule has 0 aliphatic carbocycles. The van der Waals surface area contributed by atoms with Crippen LogP contribution < -0.4 is 22.4 Å². The Morgan fingerprint density at radius 3 is 2.62 bits per heavy atom. The van der Waals surface area contributed by atoms with E-state index in [1.165, 1.54) is 12.1 Å². The average Bonchev–Trinajstić information content (AvgIpc) is 3.15. The molecule has 8 heteroatoms. The van der Waals surface area contributed by atoms with Crippen LogP contribution in [-0.4, -0.2) is 10.8 Å². The van der Waals surface area contributed by atoms with Crippen molar-refractivity contribution in [1.82, 2.24) is 10.4 Å². The van der Waals surface area contributed by atoms with Crippen LogP contribution in [0.4, 0.5) is 15.9 Å². The van der Waals surface area contributed by atoms with Gasteiger partial charge in [0.15, 0.2) is 5.84 Å². The van der Waals surface area contributed by atoms with Crippen molar-refractivity contribution >= 4 is 49.7 Å². The fraction of sp³-hybridized carbons (Fsp3) is 0. The van der Waals surface area contributed by atoms with Gasteiger partial charge in [-0.1, -0.05) is 12.1 Å². The van der Waals surface area contributed by atoms with Crippen molar-refractivity contribution in [2.45, 2.75) is 0 Å². The Labute approximate surface area is 152 Å². The highest BCUT2D eigenvalue weighted by Crippen LogP contribution is 2.35. The Balaban J connectivity index is 1.87. The third-order valence-corrected chi connectivity index (χ3v) is 4.99. The predicted molar refractivity (Wildman–Crippen MR) is 105 cm³/mol. The fourth-order valence-corrected chi connectivity index (χ4v) is 3.74. The van der Waals surface area contributed by atoms with E-state index in [0.717, 1.165) is 32.2 Å². The smallest absolute Gasteiger partial charge is 0.166 e. The molecule has 0 spiro atoms. The minimum absolute atomic E-state index is 0.282. The Morgan fingerprint density at radius 1 is 1.08 bits per heavy atom. The summed E-state index contributed by atoms with van der Waals surface area (Å²) in [7, 11) is 0. The highest BCUT2D eigenvalue weighted by molar-refractivity contribution is 7.18. The van der Waals surface area contributed by atoms with Crippen LogP contribution in [0.1, 0.15) is 5.56 Å². The van der Waals surface area contributed by atoms with Crippen molar-refractivity contribution in [3.8, 4) is 0 Å². The summed E-state index contributed by atoms with van der Waals surface area (Å²) in [5.74, 6) is 11.6. The third-order valence-electron chi connectivity index (χ3n) is 4.04. The number of hydrogen-bond donors (Lipinski definition) is 4. The molecular weight excluding hydrogens is 351 g/mol. The van der Waals surface area contributed by atoms with E-state index in [1.807, 2.05) is 29.6 Å². The quantitative estimate of drug-likeness (QED) is 0.193. The van der Waals surface area contributed by atoms with Gasteiger partial charge in [0, 0.05) is 26.7 Å². The second-order valence-electron chi connectivity index (χ2n) is 5.61. The number of aromatic nitrogens is 1. The molecule has 2 aromatic heterocycles. The number of thiophene rings is 1. The minimum atomic E-state index is -0.282. The molecule has 0 saturated carbocycles. The first-order chi connectivity index (χ1) is 12.7. The molecular formula is C18H15FN6S. The zero-order valence-electron chi connectivity index (χ0n) is 13.5. The van der Waals surface area contributed by atoms with Gasteiger partial charge >= 0.3 is 0 Å². The predicted octanol–water partition coefficient (Wildman–Crippen LogP) is 3.42. The molecule has 26 heavy (non-hydrogen) atoms. The standard InChI is InChI=1S/C18H15FN6S/c19-11-2-4-12(5-3-11)22-18-14-7-8-26-16(14)13-6-1-10(9-15(13)23-18)17(24-20)25-21/h1-9H,20-21H2,(H,22,23)(H,24,25). The summed E-state index contributed by atoms with van der Waals surface area (Å²) in [4.78, 5) is 4.74. The van der Waals surface area contributed by atoms with E-state index in [-0.39, 0.29) is 5.82 Å². The summed E-state index contributed by atoms with van der Waals surface area (Å²) >= 11 is 1.63. The minimum Gasteiger partial charge on any atom is -0.340 e. The lowest BCUT2D eigenvalue weighted by Crippen LogP contribution is -2.32. The maximum Gasteiger partial charge on any atom is 0.166 e. The molecule has 0 bridgehead atoms. The summed E-state index contributed by atoms with van der Waals surface area (Å²) in [6, 6.07) is 13.9. The molecule has 6 N–H and O–H groups in total. The molecule has 2 aromatic carbocycles.